The Morgan fingerprint density at radius 3 is 2.63 bits per heavy atom. The van der Waals surface area contributed by atoms with Gasteiger partial charge >= 0.3 is 0 Å². The predicted molar refractivity (Wildman–Crippen MR) is 94.7 cm³/mol. The normalized spacial score (nSPS) is 10.7. The van der Waals surface area contributed by atoms with Crippen LogP contribution in [0.1, 0.15) is 0 Å². The Kier molecular flexibility index (Phi) is 4.87. The SMILES string of the molecule is C=C(F)C(=O)Nc1cc2c(Nc3ccc(F)c(Cl)c3F)ncnc2cc1O. The Morgan fingerprint density at radius 2 is 1.93 bits per heavy atom. The molecule has 0 unspecified atom stereocenters. The molecular formula is C17H10ClF3N4O2. The molecule has 0 aliphatic heterocycles. The molecule has 3 aromatic rings. The second-order valence-corrected chi connectivity index (χ2v) is 5.69. The summed E-state index contributed by atoms with van der Waals surface area (Å²) in [4.78, 5) is 19.4. The molecule has 0 aliphatic rings. The monoisotopic (exact) mass is 394 g/mol. The van der Waals surface area contributed by atoms with Crippen molar-refractivity contribution in [3.8, 4) is 5.75 Å². The van der Waals surface area contributed by atoms with E-state index in [-0.39, 0.29) is 33.8 Å². The van der Waals surface area contributed by atoms with Crippen molar-refractivity contribution in [3.63, 3.8) is 0 Å². The van der Waals surface area contributed by atoms with Crippen molar-refractivity contribution < 1.29 is 23.1 Å². The zero-order chi connectivity index (χ0) is 19.7. The quantitative estimate of drug-likeness (QED) is 0.346. The molecule has 3 rings (SSSR count). The Hall–Kier alpha value is -3.33. The third-order valence-corrected chi connectivity index (χ3v) is 3.88. The molecule has 0 saturated carbocycles. The largest absolute Gasteiger partial charge is 0.506 e. The number of aromatic hydroxyl groups is 1. The lowest BCUT2D eigenvalue weighted by Gasteiger charge is -2.12. The smallest absolute Gasteiger partial charge is 0.283 e. The fourth-order valence-electron chi connectivity index (χ4n) is 2.23. The highest BCUT2D eigenvalue weighted by molar-refractivity contribution is 6.31. The lowest BCUT2D eigenvalue weighted by molar-refractivity contribution is -0.114. The van der Waals surface area contributed by atoms with Gasteiger partial charge < -0.3 is 15.7 Å². The molecule has 0 atom stereocenters. The molecule has 10 heteroatoms. The average molecular weight is 395 g/mol. The van der Waals surface area contributed by atoms with Crippen molar-refractivity contribution in [2.45, 2.75) is 0 Å². The summed E-state index contributed by atoms with van der Waals surface area (Å²) in [5.74, 6) is -4.64. The maximum absolute atomic E-state index is 14.1. The number of benzene rings is 2. The van der Waals surface area contributed by atoms with Crippen LogP contribution >= 0.6 is 11.6 Å². The number of phenols is 1. The Labute approximate surface area is 155 Å². The second kappa shape index (κ2) is 7.12. The summed E-state index contributed by atoms with van der Waals surface area (Å²) in [5.41, 5.74) is -0.0466. The van der Waals surface area contributed by atoms with E-state index in [1.807, 2.05) is 0 Å². The van der Waals surface area contributed by atoms with Gasteiger partial charge in [-0.05, 0) is 18.2 Å². The lowest BCUT2D eigenvalue weighted by atomic mass is 10.2. The maximum Gasteiger partial charge on any atom is 0.283 e. The van der Waals surface area contributed by atoms with E-state index in [1.54, 1.807) is 0 Å². The van der Waals surface area contributed by atoms with Crippen LogP contribution in [-0.2, 0) is 4.79 Å². The first-order chi connectivity index (χ1) is 12.8. The number of fused-ring (bicyclic) bond motifs is 1. The van der Waals surface area contributed by atoms with E-state index < -0.39 is 28.4 Å². The summed E-state index contributed by atoms with van der Waals surface area (Å²) in [6.07, 6.45) is 1.15. The Morgan fingerprint density at radius 1 is 1.19 bits per heavy atom. The number of phenolic OH excluding ortho intramolecular Hbond substituents is 1. The van der Waals surface area contributed by atoms with Crippen LogP contribution in [0.25, 0.3) is 10.9 Å². The molecule has 0 saturated heterocycles. The van der Waals surface area contributed by atoms with E-state index in [2.05, 4.69) is 27.2 Å². The number of carbonyl (C=O) groups excluding carboxylic acids is 1. The zero-order valence-electron chi connectivity index (χ0n) is 13.4. The third-order valence-electron chi connectivity index (χ3n) is 3.54. The van der Waals surface area contributed by atoms with Crippen LogP contribution in [-0.4, -0.2) is 21.0 Å². The number of halogens is 4. The van der Waals surface area contributed by atoms with Crippen molar-refractivity contribution in [3.05, 3.63) is 59.7 Å². The van der Waals surface area contributed by atoms with Gasteiger partial charge in [-0.1, -0.05) is 18.2 Å². The van der Waals surface area contributed by atoms with Crippen LogP contribution in [0.4, 0.5) is 30.4 Å². The summed E-state index contributed by atoms with van der Waals surface area (Å²) in [6, 6.07) is 4.56. The predicted octanol–water partition coefficient (Wildman–Crippen LogP) is 4.43. The van der Waals surface area contributed by atoms with Gasteiger partial charge in [0.25, 0.3) is 5.91 Å². The van der Waals surface area contributed by atoms with Crippen molar-refractivity contribution in [2.24, 2.45) is 0 Å². The van der Waals surface area contributed by atoms with Crippen molar-refractivity contribution in [2.75, 3.05) is 10.6 Å². The molecule has 0 fully saturated rings. The van der Waals surface area contributed by atoms with Gasteiger partial charge in [-0.25, -0.2) is 23.1 Å². The molecule has 0 radical (unpaired) electrons. The molecule has 0 aliphatic carbocycles. The minimum Gasteiger partial charge on any atom is -0.506 e. The van der Waals surface area contributed by atoms with Gasteiger partial charge in [0.15, 0.2) is 11.6 Å². The van der Waals surface area contributed by atoms with Gasteiger partial charge in [-0.15, -0.1) is 0 Å². The minimum atomic E-state index is -1.25. The highest BCUT2D eigenvalue weighted by Gasteiger charge is 2.16. The summed E-state index contributed by atoms with van der Waals surface area (Å²) < 4.78 is 40.3. The van der Waals surface area contributed by atoms with Gasteiger partial charge in [0.2, 0.25) is 0 Å². The van der Waals surface area contributed by atoms with E-state index in [0.717, 1.165) is 18.5 Å². The molecule has 0 bridgehead atoms. The summed E-state index contributed by atoms with van der Waals surface area (Å²) in [7, 11) is 0. The van der Waals surface area contributed by atoms with Gasteiger partial charge in [0.05, 0.1) is 16.9 Å². The van der Waals surface area contributed by atoms with Gasteiger partial charge in [0, 0.05) is 11.5 Å². The van der Waals surface area contributed by atoms with Crippen LogP contribution in [0.5, 0.6) is 5.75 Å². The van der Waals surface area contributed by atoms with E-state index in [4.69, 9.17) is 11.6 Å². The van der Waals surface area contributed by atoms with Gasteiger partial charge in [0.1, 0.15) is 28.7 Å². The second-order valence-electron chi connectivity index (χ2n) is 5.32. The van der Waals surface area contributed by atoms with E-state index in [9.17, 15) is 23.1 Å². The first-order valence-electron chi connectivity index (χ1n) is 7.32. The zero-order valence-corrected chi connectivity index (χ0v) is 14.1. The molecule has 2 aromatic carbocycles. The standard InChI is InChI=1S/C17H10ClF3N4O2/c1-7(19)17(27)25-12-4-8-11(5-13(12)26)22-6-23-16(8)24-10-3-2-9(20)14(18)15(10)21/h2-6,26H,1H2,(H,25,27)(H,22,23,24). The molecule has 27 heavy (non-hydrogen) atoms. The summed E-state index contributed by atoms with van der Waals surface area (Å²) in [6.45, 7) is 2.86. The molecule has 1 amide bonds. The maximum atomic E-state index is 14.1. The average Bonchev–Trinajstić information content (AvgIpc) is 2.63. The number of amides is 1. The fourth-order valence-corrected chi connectivity index (χ4v) is 2.40. The molecule has 3 N–H and O–H groups in total. The van der Waals surface area contributed by atoms with Crippen molar-refractivity contribution in [1.29, 1.82) is 0 Å². The molecule has 0 spiro atoms. The number of carbonyl (C=O) groups is 1. The van der Waals surface area contributed by atoms with E-state index >= 15 is 0 Å². The number of nitrogens with one attached hydrogen (secondary N) is 2. The van der Waals surface area contributed by atoms with Crippen molar-refractivity contribution in [1.82, 2.24) is 9.97 Å². The number of hydrogen-bond acceptors (Lipinski definition) is 5. The summed E-state index contributed by atoms with van der Waals surface area (Å²) >= 11 is 5.55. The first-order valence-corrected chi connectivity index (χ1v) is 7.69. The minimum absolute atomic E-state index is 0.0798. The third kappa shape index (κ3) is 3.63. The number of anilines is 3. The highest BCUT2D eigenvalue weighted by atomic mass is 35.5. The highest BCUT2D eigenvalue weighted by Crippen LogP contribution is 2.34. The Balaban J connectivity index is 2.07. The van der Waals surface area contributed by atoms with Crippen LogP contribution in [0, 0.1) is 11.6 Å². The molecular weight excluding hydrogens is 385 g/mol. The molecule has 6 nitrogen and oxygen atoms in total. The van der Waals surface area contributed by atoms with E-state index in [1.165, 1.54) is 12.1 Å². The molecule has 1 heterocycles. The van der Waals surface area contributed by atoms with Crippen molar-refractivity contribution >= 4 is 45.6 Å². The number of hydrogen-bond donors (Lipinski definition) is 3. The molecule has 138 valence electrons. The fraction of sp³-hybridized carbons (Fsp3) is 0. The number of rotatable bonds is 4. The summed E-state index contributed by atoms with van der Waals surface area (Å²) in [5, 5.41) is 14.3. The van der Waals surface area contributed by atoms with Gasteiger partial charge in [-0.3, -0.25) is 4.79 Å². The topological polar surface area (TPSA) is 87.1 Å². The lowest BCUT2D eigenvalue weighted by Crippen LogP contribution is -2.11. The molecule has 1 aromatic heterocycles. The van der Waals surface area contributed by atoms with Crippen LogP contribution in [0.2, 0.25) is 5.02 Å². The number of aromatic nitrogens is 2. The first kappa shape index (κ1) is 18.5. The number of nitrogens with zero attached hydrogens (tertiary/aromatic N) is 2. The van der Waals surface area contributed by atoms with Crippen LogP contribution in [0.15, 0.2) is 43.0 Å². The van der Waals surface area contributed by atoms with Crippen LogP contribution in [0.3, 0.4) is 0 Å². The van der Waals surface area contributed by atoms with Crippen LogP contribution < -0.4 is 10.6 Å². The Bertz CT molecular complexity index is 1090. The van der Waals surface area contributed by atoms with E-state index in [0.29, 0.717) is 0 Å². The van der Waals surface area contributed by atoms with Gasteiger partial charge in [-0.2, -0.15) is 0 Å².